The zero-order valence-electron chi connectivity index (χ0n) is 13.2. The molecule has 1 atom stereocenters. The van der Waals surface area contributed by atoms with Gasteiger partial charge in [0.1, 0.15) is 0 Å². The maximum atomic E-state index is 3.62. The van der Waals surface area contributed by atoms with Crippen molar-refractivity contribution in [1.29, 1.82) is 0 Å². The van der Waals surface area contributed by atoms with Gasteiger partial charge in [-0.1, -0.05) is 42.0 Å². The molecular formula is C19H25N. The number of hydrogen-bond donors (Lipinski definition) is 1. The fraction of sp³-hybridized carbons (Fsp3) is 0.368. The van der Waals surface area contributed by atoms with Crippen molar-refractivity contribution in [3.63, 3.8) is 0 Å². The Morgan fingerprint density at radius 2 is 1.45 bits per heavy atom. The highest BCUT2D eigenvalue weighted by Gasteiger charge is 2.09. The summed E-state index contributed by atoms with van der Waals surface area (Å²) in [6.07, 6.45) is 0. The van der Waals surface area contributed by atoms with E-state index in [1.807, 2.05) is 0 Å². The van der Waals surface area contributed by atoms with Crippen LogP contribution in [0.4, 0.5) is 0 Å². The molecule has 0 spiro atoms. The molecule has 2 aromatic rings. The van der Waals surface area contributed by atoms with E-state index in [-0.39, 0.29) is 0 Å². The molecule has 1 N–H and O–H groups in total. The third kappa shape index (κ3) is 3.49. The highest BCUT2D eigenvalue weighted by atomic mass is 14.9. The van der Waals surface area contributed by atoms with Gasteiger partial charge in [-0.3, -0.25) is 0 Å². The van der Waals surface area contributed by atoms with Gasteiger partial charge in [0.25, 0.3) is 0 Å². The lowest BCUT2D eigenvalue weighted by molar-refractivity contribution is 0.571. The molecule has 0 aliphatic carbocycles. The van der Waals surface area contributed by atoms with Crippen molar-refractivity contribution in [2.75, 3.05) is 0 Å². The Morgan fingerprint density at radius 1 is 0.850 bits per heavy atom. The molecule has 0 aromatic heterocycles. The summed E-state index contributed by atoms with van der Waals surface area (Å²) in [6, 6.07) is 13.7. The Labute approximate surface area is 123 Å². The summed E-state index contributed by atoms with van der Waals surface area (Å²) >= 11 is 0. The van der Waals surface area contributed by atoms with Crippen LogP contribution in [0.3, 0.4) is 0 Å². The van der Waals surface area contributed by atoms with Gasteiger partial charge in [-0.25, -0.2) is 0 Å². The molecule has 0 amide bonds. The lowest BCUT2D eigenvalue weighted by atomic mass is 9.96. The van der Waals surface area contributed by atoms with Crippen LogP contribution in [0.25, 0.3) is 0 Å². The fourth-order valence-corrected chi connectivity index (χ4v) is 2.54. The molecule has 0 aliphatic rings. The van der Waals surface area contributed by atoms with E-state index in [4.69, 9.17) is 0 Å². The van der Waals surface area contributed by atoms with Gasteiger partial charge in [0.15, 0.2) is 0 Å². The van der Waals surface area contributed by atoms with Crippen LogP contribution in [0.15, 0.2) is 36.4 Å². The summed E-state index contributed by atoms with van der Waals surface area (Å²) in [4.78, 5) is 0. The molecule has 1 heteroatoms. The van der Waals surface area contributed by atoms with Crippen molar-refractivity contribution in [2.45, 2.75) is 47.2 Å². The average Bonchev–Trinajstić information content (AvgIpc) is 2.42. The summed E-state index contributed by atoms with van der Waals surface area (Å²) in [5.74, 6) is 0. The molecule has 0 radical (unpaired) electrons. The van der Waals surface area contributed by atoms with Gasteiger partial charge in [0, 0.05) is 12.6 Å². The molecule has 0 saturated heterocycles. The standard InChI is InChI=1S/C19H25N/c1-13-6-8-18(9-7-13)12-20-17(5)19-11-15(3)14(2)10-16(19)4/h6-11,17,20H,12H2,1-5H3. The first-order valence-corrected chi connectivity index (χ1v) is 7.34. The van der Waals surface area contributed by atoms with Crippen molar-refractivity contribution in [3.05, 3.63) is 69.8 Å². The maximum Gasteiger partial charge on any atom is 0.0297 e. The van der Waals surface area contributed by atoms with Gasteiger partial charge >= 0.3 is 0 Å². The minimum atomic E-state index is 0.371. The predicted octanol–water partition coefficient (Wildman–Crippen LogP) is 4.77. The van der Waals surface area contributed by atoms with Crippen molar-refractivity contribution in [2.24, 2.45) is 0 Å². The summed E-state index contributed by atoms with van der Waals surface area (Å²) in [7, 11) is 0. The van der Waals surface area contributed by atoms with Gasteiger partial charge in [0.05, 0.1) is 0 Å². The average molecular weight is 267 g/mol. The molecule has 20 heavy (non-hydrogen) atoms. The summed E-state index contributed by atoms with van der Waals surface area (Å²) < 4.78 is 0. The topological polar surface area (TPSA) is 12.0 Å². The van der Waals surface area contributed by atoms with Crippen LogP contribution in [-0.2, 0) is 6.54 Å². The lowest BCUT2D eigenvalue weighted by Gasteiger charge is -2.18. The van der Waals surface area contributed by atoms with Crippen LogP contribution in [0.5, 0.6) is 0 Å². The molecule has 1 nitrogen and oxygen atoms in total. The van der Waals surface area contributed by atoms with Gasteiger partial charge < -0.3 is 5.32 Å². The molecule has 106 valence electrons. The van der Waals surface area contributed by atoms with Gasteiger partial charge in [-0.2, -0.15) is 0 Å². The Morgan fingerprint density at radius 3 is 2.10 bits per heavy atom. The molecule has 2 aromatic carbocycles. The number of hydrogen-bond acceptors (Lipinski definition) is 1. The molecule has 0 bridgehead atoms. The normalized spacial score (nSPS) is 12.4. The smallest absolute Gasteiger partial charge is 0.0297 e. The van der Waals surface area contributed by atoms with E-state index < -0.39 is 0 Å². The molecule has 0 aliphatic heterocycles. The third-order valence-electron chi connectivity index (χ3n) is 4.08. The van der Waals surface area contributed by atoms with Crippen molar-refractivity contribution >= 4 is 0 Å². The number of rotatable bonds is 4. The molecule has 2 rings (SSSR count). The zero-order valence-corrected chi connectivity index (χ0v) is 13.2. The highest BCUT2D eigenvalue weighted by molar-refractivity contribution is 5.38. The van der Waals surface area contributed by atoms with Crippen LogP contribution in [-0.4, -0.2) is 0 Å². The quantitative estimate of drug-likeness (QED) is 0.841. The molecule has 0 heterocycles. The molecule has 0 saturated carbocycles. The minimum absolute atomic E-state index is 0.371. The first kappa shape index (κ1) is 14.8. The van der Waals surface area contributed by atoms with Crippen molar-refractivity contribution < 1.29 is 0 Å². The van der Waals surface area contributed by atoms with Gasteiger partial charge in [0.2, 0.25) is 0 Å². The number of nitrogens with one attached hydrogen (secondary N) is 1. The van der Waals surface area contributed by atoms with Crippen LogP contribution in [0.2, 0.25) is 0 Å². The highest BCUT2D eigenvalue weighted by Crippen LogP contribution is 2.22. The van der Waals surface area contributed by atoms with Crippen LogP contribution in [0.1, 0.15) is 46.3 Å². The SMILES string of the molecule is Cc1ccc(CNC(C)c2cc(C)c(C)cc2C)cc1. The summed E-state index contributed by atoms with van der Waals surface area (Å²) in [5, 5.41) is 3.62. The van der Waals surface area contributed by atoms with E-state index in [2.05, 4.69) is 76.3 Å². The Balaban J connectivity index is 2.06. The summed E-state index contributed by atoms with van der Waals surface area (Å²) in [6.45, 7) is 11.8. The zero-order chi connectivity index (χ0) is 14.7. The lowest BCUT2D eigenvalue weighted by Crippen LogP contribution is -2.19. The van der Waals surface area contributed by atoms with Gasteiger partial charge in [-0.15, -0.1) is 0 Å². The van der Waals surface area contributed by atoms with Crippen molar-refractivity contribution in [1.82, 2.24) is 5.32 Å². The van der Waals surface area contributed by atoms with Gasteiger partial charge in [-0.05, 0) is 62.4 Å². The van der Waals surface area contributed by atoms with E-state index in [1.165, 1.54) is 33.4 Å². The molecule has 0 fully saturated rings. The van der Waals surface area contributed by atoms with Crippen LogP contribution in [0, 0.1) is 27.7 Å². The van der Waals surface area contributed by atoms with E-state index >= 15 is 0 Å². The number of benzene rings is 2. The Kier molecular flexibility index (Phi) is 4.61. The molecule has 1 unspecified atom stereocenters. The van der Waals surface area contributed by atoms with E-state index in [0.717, 1.165) is 6.54 Å². The monoisotopic (exact) mass is 267 g/mol. The molecular weight excluding hydrogens is 242 g/mol. The van der Waals surface area contributed by atoms with Crippen molar-refractivity contribution in [3.8, 4) is 0 Å². The second kappa shape index (κ2) is 6.23. The van der Waals surface area contributed by atoms with Crippen LogP contribution < -0.4 is 5.32 Å². The Bertz CT molecular complexity index is 581. The minimum Gasteiger partial charge on any atom is -0.306 e. The van der Waals surface area contributed by atoms with Crippen LogP contribution >= 0.6 is 0 Å². The first-order chi connectivity index (χ1) is 9.47. The summed E-state index contributed by atoms with van der Waals surface area (Å²) in [5.41, 5.74) is 8.17. The second-order valence-corrected chi connectivity index (χ2v) is 5.88. The van der Waals surface area contributed by atoms with E-state index in [1.54, 1.807) is 0 Å². The van der Waals surface area contributed by atoms with E-state index in [9.17, 15) is 0 Å². The Hall–Kier alpha value is -1.60. The largest absolute Gasteiger partial charge is 0.306 e. The second-order valence-electron chi connectivity index (χ2n) is 5.88. The first-order valence-electron chi connectivity index (χ1n) is 7.34. The third-order valence-corrected chi connectivity index (χ3v) is 4.08. The maximum absolute atomic E-state index is 3.62. The number of aryl methyl sites for hydroxylation is 4. The fourth-order valence-electron chi connectivity index (χ4n) is 2.54. The predicted molar refractivity (Wildman–Crippen MR) is 87.1 cm³/mol. The van der Waals surface area contributed by atoms with E-state index in [0.29, 0.717) is 6.04 Å².